The lowest BCUT2D eigenvalue weighted by Gasteiger charge is -2.32. The van der Waals surface area contributed by atoms with Crippen molar-refractivity contribution in [3.63, 3.8) is 0 Å². The highest BCUT2D eigenvalue weighted by molar-refractivity contribution is 7.90. The molecule has 1 heterocycles. The molecule has 1 aromatic rings. The lowest BCUT2D eigenvalue weighted by atomic mass is 10.1. The predicted molar refractivity (Wildman–Crippen MR) is 86.1 cm³/mol. The van der Waals surface area contributed by atoms with Gasteiger partial charge in [-0.05, 0) is 25.0 Å². The fourth-order valence-corrected chi connectivity index (χ4v) is 4.41. The van der Waals surface area contributed by atoms with Gasteiger partial charge in [0.1, 0.15) is 11.2 Å². The first-order valence-corrected chi connectivity index (χ1v) is 9.26. The molecule has 0 amide bonds. The van der Waals surface area contributed by atoms with E-state index in [-0.39, 0.29) is 16.0 Å². The number of nitrogens with zero attached hydrogens (tertiary/aromatic N) is 2. The molecule has 1 aliphatic carbocycles. The highest BCUT2D eigenvalue weighted by Gasteiger charge is 2.30. The number of sulfonamides is 1. The second kappa shape index (κ2) is 5.78. The molecule has 0 radical (unpaired) electrons. The van der Waals surface area contributed by atoms with E-state index in [2.05, 4.69) is 4.40 Å². The van der Waals surface area contributed by atoms with Crippen LogP contribution in [-0.4, -0.2) is 20.8 Å². The van der Waals surface area contributed by atoms with Crippen LogP contribution in [0.5, 0.6) is 0 Å². The second-order valence-corrected chi connectivity index (χ2v) is 7.90. The smallest absolute Gasteiger partial charge is 0.285 e. The summed E-state index contributed by atoms with van der Waals surface area (Å²) in [6, 6.07) is 3.30. The Bertz CT molecular complexity index is 680. The zero-order valence-electron chi connectivity index (χ0n) is 11.4. The quantitative estimate of drug-likeness (QED) is 0.714. The summed E-state index contributed by atoms with van der Waals surface area (Å²) in [5, 5.41) is 0.594. The molecule has 2 aliphatic rings. The molecule has 0 saturated heterocycles. The number of hydrogen-bond acceptors (Lipinski definition) is 3. The number of fused-ring (bicyclic) bond motifs is 1. The topological polar surface area (TPSA) is 49.7 Å². The molecule has 1 aromatic carbocycles. The summed E-state index contributed by atoms with van der Waals surface area (Å²) in [6.07, 6.45) is 8.26. The number of anilines is 1. The van der Waals surface area contributed by atoms with Crippen molar-refractivity contribution in [1.29, 1.82) is 0 Å². The van der Waals surface area contributed by atoms with Crippen LogP contribution in [0.15, 0.2) is 21.4 Å². The van der Waals surface area contributed by atoms with Crippen molar-refractivity contribution in [2.24, 2.45) is 4.40 Å². The van der Waals surface area contributed by atoms with Crippen molar-refractivity contribution < 1.29 is 8.42 Å². The average molecular weight is 347 g/mol. The van der Waals surface area contributed by atoms with Crippen LogP contribution in [0.2, 0.25) is 10.0 Å². The Kier molecular flexibility index (Phi) is 4.17. The maximum atomic E-state index is 12.1. The molecule has 1 aliphatic heterocycles. The molecule has 7 heteroatoms. The molecule has 1 saturated carbocycles. The molecule has 0 bridgehead atoms. The minimum Gasteiger partial charge on any atom is -0.327 e. The first kappa shape index (κ1) is 15.1. The van der Waals surface area contributed by atoms with Gasteiger partial charge < -0.3 is 4.90 Å². The van der Waals surface area contributed by atoms with E-state index < -0.39 is 10.0 Å². The second-order valence-electron chi connectivity index (χ2n) is 5.48. The SMILES string of the molecule is O=S1(=O)N=CN(C2CCCCCC2)c2cc(Cl)c(Cl)cc21. The summed E-state index contributed by atoms with van der Waals surface area (Å²) in [6.45, 7) is 0. The van der Waals surface area contributed by atoms with Crippen molar-refractivity contribution in [2.45, 2.75) is 49.5 Å². The van der Waals surface area contributed by atoms with E-state index in [0.717, 1.165) is 25.7 Å². The van der Waals surface area contributed by atoms with E-state index >= 15 is 0 Å². The fraction of sp³-hybridized carbons (Fsp3) is 0.500. The van der Waals surface area contributed by atoms with Gasteiger partial charge in [-0.3, -0.25) is 0 Å². The van der Waals surface area contributed by atoms with Crippen LogP contribution in [-0.2, 0) is 10.0 Å². The number of rotatable bonds is 1. The number of halogens is 2. The van der Waals surface area contributed by atoms with Crippen LogP contribution in [0.1, 0.15) is 38.5 Å². The Morgan fingerprint density at radius 3 is 2.33 bits per heavy atom. The molecule has 0 unspecified atom stereocenters. The molecule has 0 aromatic heterocycles. The molecular formula is C14H16Cl2N2O2S. The monoisotopic (exact) mass is 346 g/mol. The van der Waals surface area contributed by atoms with E-state index in [1.807, 2.05) is 4.90 Å². The first-order valence-electron chi connectivity index (χ1n) is 7.07. The summed E-state index contributed by atoms with van der Waals surface area (Å²) >= 11 is 12.0. The largest absolute Gasteiger partial charge is 0.327 e. The molecule has 0 spiro atoms. The summed E-state index contributed by atoms with van der Waals surface area (Å²) in [4.78, 5) is 2.09. The van der Waals surface area contributed by atoms with Crippen molar-refractivity contribution in [2.75, 3.05) is 4.90 Å². The van der Waals surface area contributed by atoms with Gasteiger partial charge in [0, 0.05) is 6.04 Å². The summed E-state index contributed by atoms with van der Waals surface area (Å²) in [5.74, 6) is 0. The van der Waals surface area contributed by atoms with Gasteiger partial charge in [-0.25, -0.2) is 0 Å². The van der Waals surface area contributed by atoms with Crippen LogP contribution >= 0.6 is 23.2 Å². The molecule has 4 nitrogen and oxygen atoms in total. The Morgan fingerprint density at radius 1 is 1.05 bits per heavy atom. The number of benzene rings is 1. The van der Waals surface area contributed by atoms with E-state index in [0.29, 0.717) is 10.7 Å². The van der Waals surface area contributed by atoms with E-state index in [9.17, 15) is 8.42 Å². The molecule has 114 valence electrons. The zero-order chi connectivity index (χ0) is 15.0. The van der Waals surface area contributed by atoms with E-state index in [1.165, 1.54) is 25.2 Å². The maximum absolute atomic E-state index is 12.1. The highest BCUT2D eigenvalue weighted by Crippen LogP contribution is 2.39. The van der Waals surface area contributed by atoms with Crippen molar-refractivity contribution in [1.82, 2.24) is 0 Å². The zero-order valence-corrected chi connectivity index (χ0v) is 13.8. The van der Waals surface area contributed by atoms with Crippen LogP contribution in [0.4, 0.5) is 5.69 Å². The van der Waals surface area contributed by atoms with Crippen molar-refractivity contribution >= 4 is 45.3 Å². The molecule has 21 heavy (non-hydrogen) atoms. The first-order chi connectivity index (χ1) is 9.99. The third kappa shape index (κ3) is 2.91. The minimum atomic E-state index is -3.68. The van der Waals surface area contributed by atoms with Gasteiger partial charge in [0.05, 0.1) is 15.7 Å². The van der Waals surface area contributed by atoms with Gasteiger partial charge in [-0.15, -0.1) is 4.40 Å². The lowest BCUT2D eigenvalue weighted by Crippen LogP contribution is -2.37. The molecule has 1 fully saturated rings. The van der Waals surface area contributed by atoms with Gasteiger partial charge in [0.25, 0.3) is 10.0 Å². The predicted octanol–water partition coefficient (Wildman–Crippen LogP) is 4.25. The van der Waals surface area contributed by atoms with Crippen LogP contribution < -0.4 is 4.90 Å². The van der Waals surface area contributed by atoms with Crippen LogP contribution in [0.25, 0.3) is 0 Å². The lowest BCUT2D eigenvalue weighted by molar-refractivity contribution is 0.570. The highest BCUT2D eigenvalue weighted by atomic mass is 35.5. The molecule has 3 rings (SSSR count). The third-order valence-corrected chi connectivity index (χ3v) is 6.06. The molecule has 0 atom stereocenters. The number of hydrogen-bond donors (Lipinski definition) is 0. The molecule has 0 N–H and O–H groups in total. The Hall–Kier alpha value is -0.780. The van der Waals surface area contributed by atoms with E-state index in [1.54, 1.807) is 6.07 Å². The van der Waals surface area contributed by atoms with Crippen LogP contribution in [0, 0.1) is 0 Å². The summed E-state index contributed by atoms with van der Waals surface area (Å²) in [7, 11) is -3.68. The fourth-order valence-electron chi connectivity index (χ4n) is 2.99. The Labute approximate surface area is 134 Å². The van der Waals surface area contributed by atoms with Gasteiger partial charge in [-0.2, -0.15) is 8.42 Å². The van der Waals surface area contributed by atoms with Gasteiger partial charge >= 0.3 is 0 Å². The minimum absolute atomic E-state index is 0.142. The standard InChI is InChI=1S/C14H16Cl2N2O2S/c15-11-7-13-14(8-12(11)16)21(19,20)17-9-18(13)10-5-3-1-2-4-6-10/h7-10H,1-6H2. The third-order valence-electron chi connectivity index (χ3n) is 4.09. The van der Waals surface area contributed by atoms with Gasteiger partial charge in [0.15, 0.2) is 0 Å². The average Bonchev–Trinajstić information content (AvgIpc) is 2.70. The summed E-state index contributed by atoms with van der Waals surface area (Å²) < 4.78 is 27.9. The van der Waals surface area contributed by atoms with E-state index in [4.69, 9.17) is 23.2 Å². The van der Waals surface area contributed by atoms with Crippen molar-refractivity contribution in [3.8, 4) is 0 Å². The van der Waals surface area contributed by atoms with Gasteiger partial charge in [0.2, 0.25) is 0 Å². The van der Waals surface area contributed by atoms with Crippen molar-refractivity contribution in [3.05, 3.63) is 22.2 Å². The maximum Gasteiger partial charge on any atom is 0.285 e. The van der Waals surface area contributed by atoms with Gasteiger partial charge in [-0.1, -0.05) is 48.9 Å². The Morgan fingerprint density at radius 2 is 1.67 bits per heavy atom. The normalized spacial score (nSPS) is 21.9. The Balaban J connectivity index is 2.07. The van der Waals surface area contributed by atoms with Crippen LogP contribution in [0.3, 0.4) is 0 Å². The molecular weight excluding hydrogens is 331 g/mol. The summed E-state index contributed by atoms with van der Waals surface area (Å²) in [5.41, 5.74) is 0.589.